The Morgan fingerprint density at radius 3 is 2.43 bits per heavy atom. The molecule has 1 saturated heterocycles. The number of benzene rings is 1. The quantitative estimate of drug-likeness (QED) is 0.469. The molecule has 1 heterocycles. The van der Waals surface area contributed by atoms with Gasteiger partial charge in [0.2, 0.25) is 5.91 Å². The summed E-state index contributed by atoms with van der Waals surface area (Å²) in [6.07, 6.45) is 0.487. The zero-order valence-electron chi connectivity index (χ0n) is 12.7. The van der Waals surface area contributed by atoms with Crippen molar-refractivity contribution in [3.63, 3.8) is 0 Å². The number of hydrogen-bond acceptors (Lipinski definition) is 6. The number of anilines is 1. The number of cyclic esters (lactones) is 1. The Kier molecular flexibility index (Phi) is 4.99. The van der Waals surface area contributed by atoms with Crippen molar-refractivity contribution < 1.29 is 22.7 Å². The van der Waals surface area contributed by atoms with Gasteiger partial charge >= 0.3 is 5.97 Å². The van der Waals surface area contributed by atoms with Crippen LogP contribution in [-0.2, 0) is 24.3 Å². The molecule has 0 saturated carbocycles. The van der Waals surface area contributed by atoms with Crippen molar-refractivity contribution in [3.05, 3.63) is 24.3 Å². The molecule has 0 aliphatic carbocycles. The average Bonchev–Trinajstić information content (AvgIpc) is 2.91. The first-order valence-electron chi connectivity index (χ1n) is 6.90. The van der Waals surface area contributed by atoms with Gasteiger partial charge in [-0.05, 0) is 31.2 Å². The molecule has 0 bridgehead atoms. The topological polar surface area (TPSA) is 114 Å². The van der Waals surface area contributed by atoms with Crippen LogP contribution in [0, 0.1) is 5.92 Å². The smallest absolute Gasteiger partial charge is 0.314 e. The zero-order valence-corrected chi connectivity index (χ0v) is 13.5. The SMILES string of the molecule is CC(=O)Nc1ccc(S(=O)(=O)NN=C(C)C2CCOC2=O)cc1. The Balaban J connectivity index is 2.09. The standard InChI is InChI=1S/C14H17N3O5S/c1-9(13-7-8-22-14(13)19)16-17-23(20,21)12-5-3-11(4-6-12)15-10(2)18/h3-6,13,17H,7-8H2,1-2H3,(H,15,18). The largest absolute Gasteiger partial charge is 0.465 e. The maximum atomic E-state index is 12.1. The van der Waals surface area contributed by atoms with Crippen molar-refractivity contribution in [1.82, 2.24) is 4.83 Å². The van der Waals surface area contributed by atoms with Crippen LogP contribution in [-0.4, -0.2) is 32.6 Å². The second-order valence-corrected chi connectivity index (χ2v) is 6.72. The van der Waals surface area contributed by atoms with Crippen LogP contribution in [0.2, 0.25) is 0 Å². The van der Waals surface area contributed by atoms with E-state index in [0.29, 0.717) is 24.4 Å². The summed E-state index contributed by atoms with van der Waals surface area (Å²) in [5.41, 5.74) is 0.843. The Hall–Kier alpha value is -2.42. The van der Waals surface area contributed by atoms with Gasteiger partial charge in [0.05, 0.1) is 23.1 Å². The number of esters is 1. The Labute approximate surface area is 134 Å². The monoisotopic (exact) mass is 339 g/mol. The molecule has 23 heavy (non-hydrogen) atoms. The number of sulfonamides is 1. The minimum atomic E-state index is -3.85. The number of nitrogens with zero attached hydrogens (tertiary/aromatic N) is 1. The molecular formula is C14H17N3O5S. The minimum Gasteiger partial charge on any atom is -0.465 e. The van der Waals surface area contributed by atoms with Crippen molar-refractivity contribution in [2.45, 2.75) is 25.2 Å². The summed E-state index contributed by atoms with van der Waals surface area (Å²) in [6.45, 7) is 3.24. The molecule has 0 spiro atoms. The number of rotatable bonds is 5. The molecule has 9 heteroatoms. The Bertz CT molecular complexity index is 740. The van der Waals surface area contributed by atoms with Crippen molar-refractivity contribution in [1.29, 1.82) is 0 Å². The van der Waals surface area contributed by atoms with Crippen LogP contribution < -0.4 is 10.1 Å². The van der Waals surface area contributed by atoms with Gasteiger partial charge in [0.25, 0.3) is 10.0 Å². The predicted molar refractivity (Wildman–Crippen MR) is 83.2 cm³/mol. The molecule has 0 aromatic heterocycles. The van der Waals surface area contributed by atoms with E-state index in [4.69, 9.17) is 4.74 Å². The van der Waals surface area contributed by atoms with E-state index in [9.17, 15) is 18.0 Å². The van der Waals surface area contributed by atoms with E-state index in [1.165, 1.54) is 31.2 Å². The molecule has 1 aromatic rings. The highest BCUT2D eigenvalue weighted by Gasteiger charge is 2.29. The van der Waals surface area contributed by atoms with Crippen molar-refractivity contribution in [3.8, 4) is 0 Å². The molecule has 1 fully saturated rings. The molecule has 1 unspecified atom stereocenters. The van der Waals surface area contributed by atoms with Gasteiger partial charge < -0.3 is 10.1 Å². The third kappa shape index (κ3) is 4.28. The van der Waals surface area contributed by atoms with E-state index in [1.807, 2.05) is 0 Å². The second kappa shape index (κ2) is 6.78. The summed E-state index contributed by atoms with van der Waals surface area (Å²) >= 11 is 0. The fourth-order valence-corrected chi connectivity index (χ4v) is 2.92. The molecule has 8 nitrogen and oxygen atoms in total. The van der Waals surface area contributed by atoms with E-state index in [-0.39, 0.29) is 10.8 Å². The third-order valence-corrected chi connectivity index (χ3v) is 4.49. The van der Waals surface area contributed by atoms with Crippen molar-refractivity contribution in [2.24, 2.45) is 11.0 Å². The van der Waals surface area contributed by atoms with E-state index in [0.717, 1.165) is 0 Å². The van der Waals surface area contributed by atoms with Gasteiger partial charge in [0, 0.05) is 19.0 Å². The van der Waals surface area contributed by atoms with Crippen LogP contribution in [0.5, 0.6) is 0 Å². The van der Waals surface area contributed by atoms with E-state index >= 15 is 0 Å². The third-order valence-electron chi connectivity index (χ3n) is 3.27. The van der Waals surface area contributed by atoms with Crippen LogP contribution in [0.4, 0.5) is 5.69 Å². The van der Waals surface area contributed by atoms with Crippen LogP contribution in [0.25, 0.3) is 0 Å². The Morgan fingerprint density at radius 2 is 1.91 bits per heavy atom. The fourth-order valence-electron chi connectivity index (χ4n) is 2.06. The van der Waals surface area contributed by atoms with E-state index < -0.39 is 21.9 Å². The summed E-state index contributed by atoms with van der Waals surface area (Å²) in [7, 11) is -3.85. The first kappa shape index (κ1) is 16.9. The van der Waals surface area contributed by atoms with Gasteiger partial charge in [-0.2, -0.15) is 13.5 Å². The molecule has 124 valence electrons. The number of hydrogen-bond donors (Lipinski definition) is 2. The van der Waals surface area contributed by atoms with Crippen LogP contribution in [0.3, 0.4) is 0 Å². The van der Waals surface area contributed by atoms with Crippen molar-refractivity contribution in [2.75, 3.05) is 11.9 Å². The Morgan fingerprint density at radius 1 is 1.26 bits per heavy atom. The molecule has 2 N–H and O–H groups in total. The average molecular weight is 339 g/mol. The number of carbonyl (C=O) groups is 2. The molecule has 1 aliphatic heterocycles. The lowest BCUT2D eigenvalue weighted by Gasteiger charge is -2.08. The highest BCUT2D eigenvalue weighted by molar-refractivity contribution is 7.89. The van der Waals surface area contributed by atoms with Gasteiger partial charge in [-0.1, -0.05) is 0 Å². The first-order chi connectivity index (χ1) is 10.8. The first-order valence-corrected chi connectivity index (χ1v) is 8.38. The molecule has 1 aromatic carbocycles. The number of amides is 1. The van der Waals surface area contributed by atoms with Crippen LogP contribution in [0.15, 0.2) is 34.3 Å². The van der Waals surface area contributed by atoms with Gasteiger partial charge in [0.15, 0.2) is 0 Å². The second-order valence-electron chi connectivity index (χ2n) is 5.06. The van der Waals surface area contributed by atoms with E-state index in [1.54, 1.807) is 6.92 Å². The minimum absolute atomic E-state index is 0.00264. The number of hydrazone groups is 1. The fraction of sp³-hybridized carbons (Fsp3) is 0.357. The van der Waals surface area contributed by atoms with Gasteiger partial charge in [-0.3, -0.25) is 9.59 Å². The highest BCUT2D eigenvalue weighted by atomic mass is 32.2. The number of nitrogens with one attached hydrogen (secondary N) is 2. The van der Waals surface area contributed by atoms with Crippen molar-refractivity contribution >= 4 is 33.3 Å². The van der Waals surface area contributed by atoms with E-state index in [2.05, 4.69) is 15.2 Å². The highest BCUT2D eigenvalue weighted by Crippen LogP contribution is 2.17. The molecule has 0 radical (unpaired) electrons. The molecule has 1 amide bonds. The van der Waals surface area contributed by atoms with Gasteiger partial charge in [-0.15, -0.1) is 0 Å². The van der Waals surface area contributed by atoms with Crippen LogP contribution >= 0.6 is 0 Å². The molecular weight excluding hydrogens is 322 g/mol. The molecule has 2 rings (SSSR count). The van der Waals surface area contributed by atoms with Crippen LogP contribution in [0.1, 0.15) is 20.3 Å². The maximum absolute atomic E-state index is 12.1. The molecule has 1 aliphatic rings. The number of carbonyl (C=O) groups excluding carboxylic acids is 2. The van der Waals surface area contributed by atoms with Gasteiger partial charge in [0.1, 0.15) is 0 Å². The normalized spacial score (nSPS) is 18.4. The summed E-state index contributed by atoms with van der Waals surface area (Å²) in [6, 6.07) is 5.65. The predicted octanol–water partition coefficient (Wildman–Crippen LogP) is 0.862. The summed E-state index contributed by atoms with van der Waals surface area (Å²) in [5.74, 6) is -1.16. The maximum Gasteiger partial charge on any atom is 0.314 e. The summed E-state index contributed by atoms with van der Waals surface area (Å²) in [5, 5.41) is 6.33. The lowest BCUT2D eigenvalue weighted by atomic mass is 10.0. The lowest BCUT2D eigenvalue weighted by molar-refractivity contribution is -0.139. The zero-order chi connectivity index (χ0) is 17.0. The summed E-state index contributed by atoms with van der Waals surface area (Å²) < 4.78 is 29.1. The molecule has 1 atom stereocenters. The van der Waals surface area contributed by atoms with Gasteiger partial charge in [-0.25, -0.2) is 4.83 Å². The lowest BCUT2D eigenvalue weighted by Crippen LogP contribution is -2.24. The number of ether oxygens (including phenoxy) is 1. The summed E-state index contributed by atoms with van der Waals surface area (Å²) in [4.78, 5) is 24.4.